The van der Waals surface area contributed by atoms with Crippen molar-refractivity contribution in [3.63, 3.8) is 0 Å². The summed E-state index contributed by atoms with van der Waals surface area (Å²) in [4.78, 5) is 38.3. The first-order chi connectivity index (χ1) is 17.0. The van der Waals surface area contributed by atoms with Crippen molar-refractivity contribution in [2.24, 2.45) is 0 Å². The zero-order valence-corrected chi connectivity index (χ0v) is 20.1. The Morgan fingerprint density at radius 3 is 2.40 bits per heavy atom. The number of rotatable bonds is 7. The molecule has 1 aliphatic rings. The van der Waals surface area contributed by atoms with Crippen molar-refractivity contribution in [2.75, 3.05) is 12.9 Å². The van der Waals surface area contributed by atoms with Gasteiger partial charge in [-0.3, -0.25) is 14.4 Å². The lowest BCUT2D eigenvalue weighted by atomic mass is 9.83. The fourth-order valence-electron chi connectivity index (χ4n) is 4.43. The van der Waals surface area contributed by atoms with Gasteiger partial charge in [0.05, 0.1) is 12.9 Å². The molecule has 0 heterocycles. The van der Waals surface area contributed by atoms with E-state index in [4.69, 9.17) is 9.47 Å². The Hall–Kier alpha value is -3.90. The molecule has 0 aliphatic heterocycles. The van der Waals surface area contributed by atoms with E-state index in [-0.39, 0.29) is 29.9 Å². The second-order valence-corrected chi connectivity index (χ2v) is 9.26. The normalized spacial score (nSPS) is 11.8. The largest absolute Gasteiger partial charge is 0.496 e. The van der Waals surface area contributed by atoms with Crippen LogP contribution in [0.1, 0.15) is 38.8 Å². The third kappa shape index (κ3) is 4.21. The Morgan fingerprint density at radius 2 is 1.63 bits per heavy atom. The lowest BCUT2D eigenvalue weighted by Gasteiger charge is -2.21. The molecule has 0 saturated heterocycles. The summed E-state index contributed by atoms with van der Waals surface area (Å²) in [6, 6.07) is 22.4. The van der Waals surface area contributed by atoms with Crippen molar-refractivity contribution in [1.29, 1.82) is 0 Å². The summed E-state index contributed by atoms with van der Waals surface area (Å²) in [6.45, 7) is 1.50. The van der Waals surface area contributed by atoms with E-state index < -0.39 is 0 Å². The van der Waals surface area contributed by atoms with Crippen LogP contribution in [0.5, 0.6) is 5.75 Å². The van der Waals surface area contributed by atoms with E-state index in [0.29, 0.717) is 28.0 Å². The SMILES string of the molecule is COc1ccc(C(C)=O)cc1COC(=O)CSc1ccc2c3c(cccc13)C(=O)c1ccccc1-2. The van der Waals surface area contributed by atoms with Gasteiger partial charge < -0.3 is 9.47 Å². The highest BCUT2D eigenvalue weighted by Crippen LogP contribution is 2.42. The molecule has 35 heavy (non-hydrogen) atoms. The molecular formula is C29H22O5S. The minimum Gasteiger partial charge on any atom is -0.496 e. The van der Waals surface area contributed by atoms with E-state index in [1.807, 2.05) is 54.6 Å². The number of hydrogen-bond acceptors (Lipinski definition) is 6. The van der Waals surface area contributed by atoms with E-state index in [9.17, 15) is 14.4 Å². The standard InChI is InChI=1S/C29H22O5S/c1-17(30)18-10-12-25(33-2)19(14-18)15-34-27(31)16-35-26-13-11-21-20-6-3-4-7-22(20)29(32)24-9-5-8-23(26)28(21)24/h3-14H,15-16H2,1-2H3. The minimum absolute atomic E-state index is 0.0127. The Labute approximate surface area is 207 Å². The van der Waals surface area contributed by atoms with Gasteiger partial charge in [-0.2, -0.15) is 0 Å². The minimum atomic E-state index is -0.382. The summed E-state index contributed by atoms with van der Waals surface area (Å²) in [5.74, 6) is 0.232. The molecule has 0 radical (unpaired) electrons. The number of ether oxygens (including phenoxy) is 2. The smallest absolute Gasteiger partial charge is 0.316 e. The first kappa shape index (κ1) is 22.9. The number of carbonyl (C=O) groups excluding carboxylic acids is 3. The second kappa shape index (κ2) is 9.39. The van der Waals surface area contributed by atoms with Crippen molar-refractivity contribution in [3.8, 4) is 16.9 Å². The molecular weight excluding hydrogens is 460 g/mol. The molecule has 0 fully saturated rings. The molecule has 5 rings (SSSR count). The van der Waals surface area contributed by atoms with Gasteiger partial charge in [0.25, 0.3) is 0 Å². The predicted octanol–water partition coefficient (Wildman–Crippen LogP) is 6.10. The maximum Gasteiger partial charge on any atom is 0.316 e. The van der Waals surface area contributed by atoms with Crippen LogP contribution in [0.15, 0.2) is 77.7 Å². The highest BCUT2D eigenvalue weighted by atomic mass is 32.2. The van der Waals surface area contributed by atoms with Crippen LogP contribution in [-0.4, -0.2) is 30.4 Å². The van der Waals surface area contributed by atoms with E-state index in [0.717, 1.165) is 26.8 Å². The monoisotopic (exact) mass is 482 g/mol. The number of thioether (sulfide) groups is 1. The Bertz CT molecular complexity index is 1500. The van der Waals surface area contributed by atoms with Gasteiger partial charge in [-0.15, -0.1) is 11.8 Å². The molecule has 0 amide bonds. The van der Waals surface area contributed by atoms with Gasteiger partial charge in [-0.1, -0.05) is 48.5 Å². The molecule has 5 nitrogen and oxygen atoms in total. The van der Waals surface area contributed by atoms with Gasteiger partial charge in [-0.05, 0) is 47.7 Å². The first-order valence-corrected chi connectivity index (χ1v) is 12.1. The van der Waals surface area contributed by atoms with Crippen LogP contribution < -0.4 is 4.74 Å². The number of methoxy groups -OCH3 is 1. The maximum atomic E-state index is 13.1. The van der Waals surface area contributed by atoms with Crippen LogP contribution in [0.4, 0.5) is 0 Å². The Kier molecular flexibility index (Phi) is 6.14. The van der Waals surface area contributed by atoms with Crippen LogP contribution in [0.25, 0.3) is 21.9 Å². The van der Waals surface area contributed by atoms with Gasteiger partial charge in [0, 0.05) is 32.5 Å². The third-order valence-corrected chi connectivity index (χ3v) is 7.18. The van der Waals surface area contributed by atoms with E-state index in [1.165, 1.54) is 25.8 Å². The quantitative estimate of drug-likeness (QED) is 0.159. The van der Waals surface area contributed by atoms with Crippen molar-refractivity contribution >= 4 is 40.1 Å². The molecule has 4 aromatic carbocycles. The second-order valence-electron chi connectivity index (χ2n) is 8.25. The number of esters is 1. The van der Waals surface area contributed by atoms with Crippen LogP contribution in [0, 0.1) is 0 Å². The van der Waals surface area contributed by atoms with Gasteiger partial charge >= 0.3 is 5.97 Å². The fourth-order valence-corrected chi connectivity index (χ4v) is 5.27. The summed E-state index contributed by atoms with van der Waals surface area (Å²) in [5.41, 5.74) is 4.51. The van der Waals surface area contributed by atoms with Gasteiger partial charge in [-0.25, -0.2) is 0 Å². The lowest BCUT2D eigenvalue weighted by Crippen LogP contribution is -2.10. The lowest BCUT2D eigenvalue weighted by molar-refractivity contribution is -0.141. The molecule has 0 saturated carbocycles. The van der Waals surface area contributed by atoms with Gasteiger partial charge in [0.15, 0.2) is 11.6 Å². The van der Waals surface area contributed by atoms with Gasteiger partial charge in [0.1, 0.15) is 12.4 Å². The predicted molar refractivity (Wildman–Crippen MR) is 136 cm³/mol. The third-order valence-electron chi connectivity index (χ3n) is 6.13. The number of hydrogen-bond donors (Lipinski definition) is 0. The summed E-state index contributed by atoms with van der Waals surface area (Å²) in [7, 11) is 1.53. The zero-order chi connectivity index (χ0) is 24.5. The summed E-state index contributed by atoms with van der Waals surface area (Å²) >= 11 is 1.37. The molecule has 0 atom stereocenters. The molecule has 0 aromatic heterocycles. The summed E-state index contributed by atoms with van der Waals surface area (Å²) in [5, 5.41) is 1.86. The average molecular weight is 483 g/mol. The highest BCUT2D eigenvalue weighted by molar-refractivity contribution is 8.00. The van der Waals surface area contributed by atoms with Crippen molar-refractivity contribution in [1.82, 2.24) is 0 Å². The number of ketones is 2. The number of benzene rings is 4. The number of fused-ring (bicyclic) bond motifs is 2. The Morgan fingerprint density at radius 1 is 0.857 bits per heavy atom. The highest BCUT2D eigenvalue weighted by Gasteiger charge is 2.25. The molecule has 0 unspecified atom stereocenters. The molecule has 0 N–H and O–H groups in total. The number of carbonyl (C=O) groups is 3. The molecule has 6 heteroatoms. The molecule has 0 bridgehead atoms. The van der Waals surface area contributed by atoms with Crippen LogP contribution in [0.3, 0.4) is 0 Å². The molecule has 0 spiro atoms. The van der Waals surface area contributed by atoms with E-state index in [1.54, 1.807) is 18.2 Å². The van der Waals surface area contributed by atoms with E-state index >= 15 is 0 Å². The average Bonchev–Trinajstić information content (AvgIpc) is 2.89. The molecule has 174 valence electrons. The van der Waals surface area contributed by atoms with Crippen LogP contribution in [0.2, 0.25) is 0 Å². The van der Waals surface area contributed by atoms with Gasteiger partial charge in [0.2, 0.25) is 0 Å². The van der Waals surface area contributed by atoms with Crippen LogP contribution in [-0.2, 0) is 16.1 Å². The van der Waals surface area contributed by atoms with E-state index in [2.05, 4.69) is 0 Å². The maximum absolute atomic E-state index is 13.1. The van der Waals surface area contributed by atoms with Crippen molar-refractivity contribution < 1.29 is 23.9 Å². The Balaban J connectivity index is 1.35. The number of Topliss-reactive ketones (excluding diaryl/α,β-unsaturated/α-hetero) is 1. The summed E-state index contributed by atoms with van der Waals surface area (Å²) in [6.07, 6.45) is 0. The first-order valence-electron chi connectivity index (χ1n) is 11.1. The molecule has 4 aromatic rings. The summed E-state index contributed by atoms with van der Waals surface area (Å²) < 4.78 is 10.8. The molecule has 1 aliphatic carbocycles. The van der Waals surface area contributed by atoms with Crippen LogP contribution >= 0.6 is 11.8 Å². The van der Waals surface area contributed by atoms with Crippen molar-refractivity contribution in [2.45, 2.75) is 18.4 Å². The zero-order valence-electron chi connectivity index (χ0n) is 19.3. The fraction of sp³-hybridized carbons (Fsp3) is 0.138. The topological polar surface area (TPSA) is 69.7 Å². The van der Waals surface area contributed by atoms with Crippen molar-refractivity contribution in [3.05, 3.63) is 95.1 Å².